The third kappa shape index (κ3) is 5.26. The van der Waals surface area contributed by atoms with Gasteiger partial charge in [0, 0.05) is 45.1 Å². The maximum atomic E-state index is 13.1. The molecule has 0 bridgehead atoms. The molecule has 3 aliphatic rings. The van der Waals surface area contributed by atoms with Crippen LogP contribution in [0.4, 0.5) is 0 Å². The van der Waals surface area contributed by atoms with Gasteiger partial charge in [-0.1, -0.05) is 32.1 Å². The Labute approximate surface area is 194 Å². The number of aryl methyl sites for hydroxylation is 1. The summed E-state index contributed by atoms with van der Waals surface area (Å²) in [6.07, 6.45) is 13.0. The van der Waals surface area contributed by atoms with E-state index >= 15 is 0 Å². The van der Waals surface area contributed by atoms with Crippen LogP contribution in [0.2, 0.25) is 0 Å². The van der Waals surface area contributed by atoms with Gasteiger partial charge in [-0.15, -0.1) is 0 Å². The van der Waals surface area contributed by atoms with E-state index in [1.54, 1.807) is 24.1 Å². The number of fused-ring (bicyclic) bond motifs is 1. The highest BCUT2D eigenvalue weighted by Gasteiger charge is 2.32. The predicted molar refractivity (Wildman–Crippen MR) is 126 cm³/mol. The number of allylic oxidation sites excluding steroid dienone is 3. The molecule has 2 amide bonds. The van der Waals surface area contributed by atoms with Crippen molar-refractivity contribution < 1.29 is 14.4 Å². The van der Waals surface area contributed by atoms with Crippen LogP contribution in [-0.2, 0) is 16.6 Å². The highest BCUT2D eigenvalue weighted by atomic mass is 16.2. The van der Waals surface area contributed by atoms with Crippen LogP contribution in [0.3, 0.4) is 0 Å². The van der Waals surface area contributed by atoms with Gasteiger partial charge in [-0.2, -0.15) is 10.1 Å². The highest BCUT2D eigenvalue weighted by molar-refractivity contribution is 6.21. The van der Waals surface area contributed by atoms with Gasteiger partial charge in [0.1, 0.15) is 11.8 Å². The van der Waals surface area contributed by atoms with Gasteiger partial charge in [0.2, 0.25) is 5.91 Å². The number of nitrogens with zero attached hydrogens (tertiary/aromatic N) is 5. The van der Waals surface area contributed by atoms with Crippen LogP contribution < -0.4 is 0 Å². The Morgan fingerprint density at radius 1 is 1.15 bits per heavy atom. The number of ketones is 1. The first-order chi connectivity index (χ1) is 15.8. The second kappa shape index (κ2) is 9.77. The summed E-state index contributed by atoms with van der Waals surface area (Å²) in [7, 11) is 1.80. The fraction of sp³-hybridized carbons (Fsp3) is 0.520. The van der Waals surface area contributed by atoms with E-state index in [4.69, 9.17) is 0 Å². The Kier molecular flexibility index (Phi) is 6.81. The summed E-state index contributed by atoms with van der Waals surface area (Å²) in [5.41, 5.74) is 1.36. The van der Waals surface area contributed by atoms with E-state index in [0.717, 1.165) is 5.71 Å². The number of hydrogen-bond donors (Lipinski definition) is 0. The van der Waals surface area contributed by atoms with Gasteiger partial charge in [0.15, 0.2) is 5.78 Å². The van der Waals surface area contributed by atoms with Crippen LogP contribution in [0.25, 0.3) is 0 Å². The number of rotatable bonds is 7. The number of carbonyl (C=O) groups excluding carboxylic acids is 3. The molecule has 1 aromatic heterocycles. The standard InChI is InChI=1S/C25H31N5O3/c1-16(2)18(12-22-27-21-7-5-4-6-20(21)25(33)28-22)13-23(31)30-10-8-17(9-11-30)24(32)19-14-26-29(3)15-19/h4-7,14-18,20H,8-13H2,1-3H3/t18-,20?/m0/s1. The van der Waals surface area contributed by atoms with Crippen molar-refractivity contribution in [2.75, 3.05) is 13.1 Å². The van der Waals surface area contributed by atoms with Crippen molar-refractivity contribution in [2.24, 2.45) is 40.7 Å². The van der Waals surface area contributed by atoms with Crippen molar-refractivity contribution in [2.45, 2.75) is 39.5 Å². The zero-order valence-electron chi connectivity index (χ0n) is 19.5. The van der Waals surface area contributed by atoms with Crippen molar-refractivity contribution in [1.82, 2.24) is 14.7 Å². The molecule has 0 radical (unpaired) electrons. The van der Waals surface area contributed by atoms with Gasteiger partial charge >= 0.3 is 0 Å². The Morgan fingerprint density at radius 2 is 1.91 bits per heavy atom. The van der Waals surface area contributed by atoms with E-state index in [9.17, 15) is 14.4 Å². The molecule has 0 N–H and O–H groups in total. The molecule has 1 aromatic rings. The minimum atomic E-state index is -0.381. The highest BCUT2D eigenvalue weighted by Crippen LogP contribution is 2.27. The van der Waals surface area contributed by atoms with Crippen molar-refractivity contribution in [1.29, 1.82) is 0 Å². The number of hydrogen-bond acceptors (Lipinski definition) is 5. The van der Waals surface area contributed by atoms with Crippen molar-refractivity contribution in [3.8, 4) is 0 Å². The molecule has 2 atom stereocenters. The number of piperidine rings is 1. The average molecular weight is 450 g/mol. The van der Waals surface area contributed by atoms with E-state index in [-0.39, 0.29) is 41.3 Å². The molecule has 0 saturated carbocycles. The second-order valence-electron chi connectivity index (χ2n) is 9.46. The van der Waals surface area contributed by atoms with E-state index in [2.05, 4.69) is 28.9 Å². The third-order valence-corrected chi connectivity index (χ3v) is 6.80. The lowest BCUT2D eigenvalue weighted by Gasteiger charge is -2.33. The van der Waals surface area contributed by atoms with Crippen LogP contribution in [0, 0.1) is 23.7 Å². The summed E-state index contributed by atoms with van der Waals surface area (Å²) in [5, 5.41) is 4.08. The molecule has 174 valence electrons. The Morgan fingerprint density at radius 3 is 2.58 bits per heavy atom. The average Bonchev–Trinajstić information content (AvgIpc) is 3.24. The maximum absolute atomic E-state index is 13.1. The van der Waals surface area contributed by atoms with Crippen molar-refractivity contribution >= 4 is 29.1 Å². The van der Waals surface area contributed by atoms with Gasteiger partial charge in [-0.25, -0.2) is 4.99 Å². The number of likely N-dealkylation sites (tertiary alicyclic amines) is 1. The molecule has 8 heteroatoms. The van der Waals surface area contributed by atoms with E-state index < -0.39 is 0 Å². The molecule has 8 nitrogen and oxygen atoms in total. The molecule has 1 fully saturated rings. The van der Waals surface area contributed by atoms with Gasteiger partial charge in [0.05, 0.1) is 17.5 Å². The Bertz CT molecular complexity index is 1050. The number of Topliss-reactive ketones (excluding diaryl/α,β-unsaturated/α-hetero) is 1. The topological polar surface area (TPSA) is 97.0 Å². The van der Waals surface area contributed by atoms with E-state index in [0.29, 0.717) is 50.2 Å². The minimum Gasteiger partial charge on any atom is -0.343 e. The molecule has 33 heavy (non-hydrogen) atoms. The van der Waals surface area contributed by atoms with Gasteiger partial charge < -0.3 is 4.90 Å². The molecule has 4 rings (SSSR count). The summed E-state index contributed by atoms with van der Waals surface area (Å²) in [5.74, 6) is 0.368. The summed E-state index contributed by atoms with van der Waals surface area (Å²) in [4.78, 5) is 48.8. The van der Waals surface area contributed by atoms with Crippen LogP contribution in [-0.4, -0.2) is 56.9 Å². The fourth-order valence-electron chi connectivity index (χ4n) is 4.62. The number of amidine groups is 1. The van der Waals surface area contributed by atoms with Gasteiger partial charge in [0.25, 0.3) is 5.91 Å². The monoisotopic (exact) mass is 449 g/mol. The number of amides is 2. The Hall–Kier alpha value is -3.16. The van der Waals surface area contributed by atoms with Gasteiger partial charge in [-0.3, -0.25) is 19.1 Å². The maximum Gasteiger partial charge on any atom is 0.260 e. The molecule has 0 spiro atoms. The quantitative estimate of drug-likeness (QED) is 0.598. The molecule has 3 heterocycles. The van der Waals surface area contributed by atoms with E-state index in [1.165, 1.54) is 0 Å². The number of carbonyl (C=O) groups is 3. The predicted octanol–water partition coefficient (Wildman–Crippen LogP) is 3.02. The normalized spacial score (nSPS) is 21.6. The van der Waals surface area contributed by atoms with Crippen LogP contribution in [0.15, 0.2) is 46.7 Å². The lowest BCUT2D eigenvalue weighted by Crippen LogP contribution is -2.41. The zero-order valence-corrected chi connectivity index (χ0v) is 19.5. The molecule has 1 unspecified atom stereocenters. The molecule has 1 saturated heterocycles. The lowest BCUT2D eigenvalue weighted by molar-refractivity contribution is -0.133. The van der Waals surface area contributed by atoms with Crippen LogP contribution >= 0.6 is 0 Å². The third-order valence-electron chi connectivity index (χ3n) is 6.80. The summed E-state index contributed by atoms with van der Waals surface area (Å²) in [6.45, 7) is 5.34. The summed E-state index contributed by atoms with van der Waals surface area (Å²) in [6, 6.07) is 0. The SMILES string of the molecule is CC(C)[C@H](CC(=O)N1CCC(C(=O)c2cnn(C)c2)CC1)CC1=NC(=O)C2C=CC=CC2=N1. The first-order valence-corrected chi connectivity index (χ1v) is 11.7. The minimum absolute atomic E-state index is 0.0443. The zero-order chi connectivity index (χ0) is 23.5. The number of aromatic nitrogens is 2. The lowest BCUT2D eigenvalue weighted by atomic mass is 9.86. The fourth-order valence-corrected chi connectivity index (χ4v) is 4.62. The largest absolute Gasteiger partial charge is 0.343 e. The summed E-state index contributed by atoms with van der Waals surface area (Å²) >= 11 is 0. The molecule has 0 aromatic carbocycles. The van der Waals surface area contributed by atoms with Crippen molar-refractivity contribution in [3.63, 3.8) is 0 Å². The van der Waals surface area contributed by atoms with Crippen molar-refractivity contribution in [3.05, 3.63) is 42.3 Å². The smallest absolute Gasteiger partial charge is 0.260 e. The first kappa shape index (κ1) is 23.0. The van der Waals surface area contributed by atoms with E-state index in [1.807, 2.05) is 29.2 Å². The molecular formula is C25H31N5O3. The van der Waals surface area contributed by atoms with Crippen LogP contribution in [0.1, 0.15) is 49.9 Å². The molecule has 2 aliphatic heterocycles. The molecule has 1 aliphatic carbocycles. The van der Waals surface area contributed by atoms with Crippen LogP contribution in [0.5, 0.6) is 0 Å². The Balaban J connectivity index is 1.33. The molecular weight excluding hydrogens is 418 g/mol. The summed E-state index contributed by atoms with van der Waals surface area (Å²) < 4.78 is 1.63. The first-order valence-electron chi connectivity index (χ1n) is 11.7. The van der Waals surface area contributed by atoms with Gasteiger partial charge in [-0.05, 0) is 30.8 Å². The number of aliphatic imine (C=N–C) groups is 2. The second-order valence-corrected chi connectivity index (χ2v) is 9.46.